The maximum atomic E-state index is 4.33. The summed E-state index contributed by atoms with van der Waals surface area (Å²) in [6.45, 7) is 7.83. The van der Waals surface area contributed by atoms with Crippen LogP contribution in [0.2, 0.25) is 0 Å². The van der Waals surface area contributed by atoms with Crippen LogP contribution in [0.15, 0.2) is 11.2 Å². The van der Waals surface area contributed by atoms with Gasteiger partial charge in [0, 0.05) is 29.7 Å². The van der Waals surface area contributed by atoms with Gasteiger partial charge in [0.25, 0.3) is 0 Å². The number of hydrogen-bond acceptors (Lipinski definition) is 5. The van der Waals surface area contributed by atoms with Gasteiger partial charge in [-0.25, -0.2) is 15.4 Å². The number of anilines is 1. The topological polar surface area (TPSA) is 68.0 Å². The second kappa shape index (κ2) is 5.17. The van der Waals surface area contributed by atoms with Crippen molar-refractivity contribution >= 4 is 12.2 Å². The molecule has 0 fully saturated rings. The fraction of sp³-hybridized carbons (Fsp3) is 0.385. The lowest BCUT2D eigenvalue weighted by atomic mass is 10.2. The van der Waals surface area contributed by atoms with Crippen molar-refractivity contribution < 1.29 is 0 Å². The third kappa shape index (κ3) is 2.96. The second-order valence-electron chi connectivity index (χ2n) is 4.55. The van der Waals surface area contributed by atoms with Crippen LogP contribution in [0.5, 0.6) is 0 Å². The van der Waals surface area contributed by atoms with Gasteiger partial charge in [-0.3, -0.25) is 4.68 Å². The van der Waals surface area contributed by atoms with Gasteiger partial charge in [-0.15, -0.1) is 0 Å². The van der Waals surface area contributed by atoms with Crippen LogP contribution < -0.4 is 5.43 Å². The van der Waals surface area contributed by atoms with Crippen LogP contribution in [0, 0.1) is 27.7 Å². The van der Waals surface area contributed by atoms with E-state index in [2.05, 4.69) is 25.6 Å². The van der Waals surface area contributed by atoms with E-state index in [1.165, 1.54) is 0 Å². The Hall–Kier alpha value is -2.24. The molecular formula is C13H18N6. The number of hydrazone groups is 1. The van der Waals surface area contributed by atoms with Crippen LogP contribution >= 0.6 is 0 Å². The van der Waals surface area contributed by atoms with E-state index in [1.807, 2.05) is 45.5 Å². The average Bonchev–Trinajstić information content (AvgIpc) is 2.54. The molecule has 19 heavy (non-hydrogen) atoms. The highest BCUT2D eigenvalue weighted by Gasteiger charge is 2.06. The summed E-state index contributed by atoms with van der Waals surface area (Å²) in [5.41, 5.74) is 7.72. The minimum absolute atomic E-state index is 0.507. The number of aromatic nitrogens is 4. The first-order valence-corrected chi connectivity index (χ1v) is 6.09. The van der Waals surface area contributed by atoms with Crippen molar-refractivity contribution in [1.82, 2.24) is 19.7 Å². The van der Waals surface area contributed by atoms with Crippen LogP contribution in [-0.4, -0.2) is 26.0 Å². The van der Waals surface area contributed by atoms with Crippen molar-refractivity contribution in [3.8, 4) is 0 Å². The lowest BCUT2D eigenvalue weighted by molar-refractivity contribution is 0.731. The van der Waals surface area contributed by atoms with Crippen LogP contribution in [0.25, 0.3) is 0 Å². The lowest BCUT2D eigenvalue weighted by Crippen LogP contribution is -2.00. The predicted molar refractivity (Wildman–Crippen MR) is 75.4 cm³/mol. The molecule has 0 amide bonds. The highest BCUT2D eigenvalue weighted by atomic mass is 15.3. The van der Waals surface area contributed by atoms with Crippen molar-refractivity contribution in [2.45, 2.75) is 27.7 Å². The minimum atomic E-state index is 0.507. The van der Waals surface area contributed by atoms with Crippen LogP contribution in [0.3, 0.4) is 0 Å². The molecule has 0 radical (unpaired) electrons. The summed E-state index contributed by atoms with van der Waals surface area (Å²) in [7, 11) is 1.92. The Morgan fingerprint density at radius 2 is 1.79 bits per heavy atom. The molecule has 0 unspecified atom stereocenters. The Balaban J connectivity index is 2.15. The Kier molecular flexibility index (Phi) is 3.59. The normalized spacial score (nSPS) is 11.2. The molecule has 0 bridgehead atoms. The molecule has 2 rings (SSSR count). The maximum absolute atomic E-state index is 4.33. The Bertz CT molecular complexity index is 606. The lowest BCUT2D eigenvalue weighted by Gasteiger charge is -2.01. The molecule has 6 heteroatoms. The van der Waals surface area contributed by atoms with E-state index in [0.717, 1.165) is 28.3 Å². The van der Waals surface area contributed by atoms with E-state index in [-0.39, 0.29) is 0 Å². The molecule has 0 aromatic carbocycles. The molecule has 6 nitrogen and oxygen atoms in total. The van der Waals surface area contributed by atoms with Gasteiger partial charge in [-0.05, 0) is 33.8 Å². The molecular weight excluding hydrogens is 240 g/mol. The zero-order valence-electron chi connectivity index (χ0n) is 11.9. The molecule has 0 atom stereocenters. The Morgan fingerprint density at radius 3 is 2.32 bits per heavy atom. The van der Waals surface area contributed by atoms with E-state index in [1.54, 1.807) is 6.21 Å². The molecule has 2 heterocycles. The van der Waals surface area contributed by atoms with Crippen LogP contribution in [0.1, 0.15) is 28.3 Å². The van der Waals surface area contributed by atoms with Crippen molar-refractivity contribution in [1.29, 1.82) is 0 Å². The minimum Gasteiger partial charge on any atom is -0.272 e. The van der Waals surface area contributed by atoms with Gasteiger partial charge < -0.3 is 0 Å². The van der Waals surface area contributed by atoms with Crippen LogP contribution in [0.4, 0.5) is 5.95 Å². The number of nitrogens with zero attached hydrogens (tertiary/aromatic N) is 5. The van der Waals surface area contributed by atoms with Gasteiger partial charge in [-0.2, -0.15) is 10.2 Å². The van der Waals surface area contributed by atoms with Crippen molar-refractivity contribution in [2.75, 3.05) is 5.43 Å². The van der Waals surface area contributed by atoms with Gasteiger partial charge in [0.15, 0.2) is 0 Å². The summed E-state index contributed by atoms with van der Waals surface area (Å²) in [4.78, 5) is 8.52. The summed E-state index contributed by atoms with van der Waals surface area (Å²) in [5, 5.41) is 8.51. The Labute approximate surface area is 112 Å². The number of rotatable bonds is 3. The van der Waals surface area contributed by atoms with Gasteiger partial charge in [0.2, 0.25) is 5.95 Å². The quantitative estimate of drug-likeness (QED) is 0.674. The van der Waals surface area contributed by atoms with Crippen LogP contribution in [-0.2, 0) is 7.05 Å². The molecule has 2 aromatic rings. The van der Waals surface area contributed by atoms with Gasteiger partial charge in [-0.1, -0.05) is 0 Å². The summed E-state index contributed by atoms with van der Waals surface area (Å²) >= 11 is 0. The highest BCUT2D eigenvalue weighted by Crippen LogP contribution is 2.09. The smallest absolute Gasteiger partial charge is 0.243 e. The summed E-state index contributed by atoms with van der Waals surface area (Å²) < 4.78 is 1.84. The molecule has 0 aliphatic carbocycles. The van der Waals surface area contributed by atoms with Crippen molar-refractivity contribution in [2.24, 2.45) is 12.1 Å². The van der Waals surface area contributed by atoms with Crippen molar-refractivity contribution in [3.63, 3.8) is 0 Å². The maximum Gasteiger partial charge on any atom is 0.243 e. The average molecular weight is 258 g/mol. The third-order valence-corrected chi connectivity index (χ3v) is 2.91. The van der Waals surface area contributed by atoms with E-state index in [9.17, 15) is 0 Å². The van der Waals surface area contributed by atoms with Gasteiger partial charge in [0.1, 0.15) is 0 Å². The number of aryl methyl sites for hydroxylation is 4. The van der Waals surface area contributed by atoms with Crippen molar-refractivity contribution in [3.05, 3.63) is 34.4 Å². The monoisotopic (exact) mass is 258 g/mol. The predicted octanol–water partition coefficient (Wildman–Crippen LogP) is 1.89. The molecule has 0 spiro atoms. The number of hydrogen-bond donors (Lipinski definition) is 1. The fourth-order valence-electron chi connectivity index (χ4n) is 1.91. The zero-order valence-corrected chi connectivity index (χ0v) is 11.9. The first-order valence-electron chi connectivity index (χ1n) is 6.09. The SMILES string of the molecule is Cc1cc(C)nc(N/N=C\c2c(C)nn(C)c2C)n1. The molecule has 1 N–H and O–H groups in total. The van der Waals surface area contributed by atoms with Gasteiger partial charge in [0.05, 0.1) is 11.9 Å². The second-order valence-corrected chi connectivity index (χ2v) is 4.55. The number of nitrogens with one attached hydrogen (secondary N) is 1. The third-order valence-electron chi connectivity index (χ3n) is 2.91. The zero-order chi connectivity index (χ0) is 14.0. The van der Waals surface area contributed by atoms with E-state index >= 15 is 0 Å². The van der Waals surface area contributed by atoms with E-state index in [0.29, 0.717) is 5.95 Å². The van der Waals surface area contributed by atoms with E-state index < -0.39 is 0 Å². The molecule has 0 aliphatic rings. The van der Waals surface area contributed by atoms with Gasteiger partial charge >= 0.3 is 0 Å². The highest BCUT2D eigenvalue weighted by molar-refractivity contribution is 5.82. The van der Waals surface area contributed by atoms with E-state index in [4.69, 9.17) is 0 Å². The summed E-state index contributed by atoms with van der Waals surface area (Å²) in [6, 6.07) is 1.92. The fourth-order valence-corrected chi connectivity index (χ4v) is 1.91. The summed E-state index contributed by atoms with van der Waals surface area (Å²) in [5.74, 6) is 0.507. The molecule has 0 saturated carbocycles. The molecule has 0 aliphatic heterocycles. The molecule has 0 saturated heterocycles. The summed E-state index contributed by atoms with van der Waals surface area (Å²) in [6.07, 6.45) is 1.75. The molecule has 2 aromatic heterocycles. The standard InChI is InChI=1S/C13H18N6/c1-8-6-9(2)16-13(15-8)17-14-7-12-10(3)18-19(5)11(12)4/h6-7H,1-5H3,(H,15,16,17)/b14-7-. The first-order chi connectivity index (χ1) is 8.97. The Morgan fingerprint density at radius 1 is 1.16 bits per heavy atom. The first kappa shape index (κ1) is 13.2. The molecule has 100 valence electrons. The largest absolute Gasteiger partial charge is 0.272 e.